The van der Waals surface area contributed by atoms with E-state index in [0.717, 1.165) is 12.1 Å². The molecule has 0 aliphatic carbocycles. The summed E-state index contributed by atoms with van der Waals surface area (Å²) < 4.78 is 42.8. The van der Waals surface area contributed by atoms with Crippen LogP contribution >= 0.6 is 0 Å². The number of pyridine rings is 1. The number of alkyl halides is 3. The molecule has 2 aromatic carbocycles. The average Bonchev–Trinajstić information content (AvgIpc) is 2.64. The second kappa shape index (κ2) is 7.06. The van der Waals surface area contributed by atoms with Crippen molar-refractivity contribution in [1.29, 1.82) is 0 Å². The molecule has 0 amide bonds. The summed E-state index contributed by atoms with van der Waals surface area (Å²) >= 11 is 0. The highest BCUT2D eigenvalue weighted by molar-refractivity contribution is 6.04. The SMILES string of the molecule is O=C(O)c1cc2ccccc2c(C(=O)OCc2ccc(C(F)(F)F)cc2)n1. The lowest BCUT2D eigenvalue weighted by atomic mass is 10.1. The largest absolute Gasteiger partial charge is 0.477 e. The van der Waals surface area contributed by atoms with E-state index in [9.17, 15) is 22.8 Å². The minimum atomic E-state index is -4.45. The Hall–Kier alpha value is -3.42. The number of halogens is 3. The van der Waals surface area contributed by atoms with E-state index >= 15 is 0 Å². The summed E-state index contributed by atoms with van der Waals surface area (Å²) in [6, 6.07) is 12.1. The highest BCUT2D eigenvalue weighted by Crippen LogP contribution is 2.29. The Bertz CT molecular complexity index is 1010. The molecule has 27 heavy (non-hydrogen) atoms. The van der Waals surface area contributed by atoms with E-state index in [1.807, 2.05) is 0 Å². The number of aromatic nitrogens is 1. The van der Waals surface area contributed by atoms with Gasteiger partial charge in [0.05, 0.1) is 5.56 Å². The van der Waals surface area contributed by atoms with Crippen molar-refractivity contribution < 1.29 is 32.6 Å². The molecule has 0 aliphatic heterocycles. The summed E-state index contributed by atoms with van der Waals surface area (Å²) in [6.45, 7) is -0.274. The first kappa shape index (κ1) is 18.4. The number of ether oxygens (including phenoxy) is 1. The molecule has 1 heterocycles. The van der Waals surface area contributed by atoms with Crippen molar-refractivity contribution in [2.45, 2.75) is 12.8 Å². The molecule has 0 fully saturated rings. The van der Waals surface area contributed by atoms with Gasteiger partial charge < -0.3 is 9.84 Å². The summed E-state index contributed by atoms with van der Waals surface area (Å²) in [5.74, 6) is -2.16. The quantitative estimate of drug-likeness (QED) is 0.688. The Morgan fingerprint density at radius 1 is 1.04 bits per heavy atom. The molecule has 0 saturated heterocycles. The van der Waals surface area contributed by atoms with Crippen molar-refractivity contribution in [3.8, 4) is 0 Å². The van der Waals surface area contributed by atoms with Gasteiger partial charge in [0, 0.05) is 5.39 Å². The Balaban J connectivity index is 1.83. The maximum absolute atomic E-state index is 12.6. The number of nitrogens with zero attached hydrogens (tertiary/aromatic N) is 1. The molecule has 0 radical (unpaired) electrons. The van der Waals surface area contributed by atoms with Crippen molar-refractivity contribution in [2.24, 2.45) is 0 Å². The summed E-state index contributed by atoms with van der Waals surface area (Å²) in [7, 11) is 0. The molecule has 1 N–H and O–H groups in total. The minimum Gasteiger partial charge on any atom is -0.477 e. The van der Waals surface area contributed by atoms with E-state index in [0.29, 0.717) is 16.3 Å². The number of hydrogen-bond donors (Lipinski definition) is 1. The Kier molecular flexibility index (Phi) is 4.81. The minimum absolute atomic E-state index is 0.169. The standard InChI is InChI=1S/C19H12F3NO4/c20-19(21,22)13-7-5-11(6-8-13)10-27-18(26)16-14-4-2-1-3-12(14)9-15(23-16)17(24)25/h1-9H,10H2,(H,24,25). The number of carboxylic acid groups (broad SMARTS) is 1. The topological polar surface area (TPSA) is 76.5 Å². The Labute approximate surface area is 151 Å². The molecular formula is C19H12F3NO4. The van der Waals surface area contributed by atoms with Crippen LogP contribution in [0.5, 0.6) is 0 Å². The number of esters is 1. The normalized spacial score (nSPS) is 11.4. The molecule has 3 rings (SSSR count). The van der Waals surface area contributed by atoms with E-state index in [4.69, 9.17) is 9.84 Å². The molecule has 0 spiro atoms. The van der Waals surface area contributed by atoms with Gasteiger partial charge in [-0.05, 0) is 29.1 Å². The van der Waals surface area contributed by atoms with E-state index < -0.39 is 23.7 Å². The lowest BCUT2D eigenvalue weighted by molar-refractivity contribution is -0.137. The van der Waals surface area contributed by atoms with Crippen molar-refractivity contribution >= 4 is 22.7 Å². The lowest BCUT2D eigenvalue weighted by Crippen LogP contribution is -2.12. The molecule has 0 aliphatic rings. The zero-order valence-electron chi connectivity index (χ0n) is 13.7. The van der Waals surface area contributed by atoms with Crippen molar-refractivity contribution in [3.05, 3.63) is 77.1 Å². The second-order valence-corrected chi connectivity index (χ2v) is 5.65. The molecule has 0 unspecified atom stereocenters. The molecule has 0 bridgehead atoms. The van der Waals surface area contributed by atoms with Crippen LogP contribution in [0.1, 0.15) is 32.1 Å². The van der Waals surface area contributed by atoms with Gasteiger partial charge in [-0.1, -0.05) is 36.4 Å². The van der Waals surface area contributed by atoms with E-state index in [-0.39, 0.29) is 18.0 Å². The monoisotopic (exact) mass is 375 g/mol. The third-order valence-corrected chi connectivity index (χ3v) is 3.80. The molecule has 138 valence electrons. The average molecular weight is 375 g/mol. The Morgan fingerprint density at radius 2 is 1.70 bits per heavy atom. The van der Waals surface area contributed by atoms with Crippen LogP contribution in [0.3, 0.4) is 0 Å². The molecule has 1 aromatic heterocycles. The number of benzene rings is 2. The van der Waals surface area contributed by atoms with Crippen LogP contribution in [0.25, 0.3) is 10.8 Å². The van der Waals surface area contributed by atoms with Crippen LogP contribution in [-0.4, -0.2) is 22.0 Å². The van der Waals surface area contributed by atoms with E-state index in [1.165, 1.54) is 18.2 Å². The fraction of sp³-hybridized carbons (Fsp3) is 0.105. The third kappa shape index (κ3) is 4.05. The van der Waals surface area contributed by atoms with Crippen LogP contribution < -0.4 is 0 Å². The van der Waals surface area contributed by atoms with Gasteiger partial charge in [-0.15, -0.1) is 0 Å². The number of carbonyl (C=O) groups is 2. The second-order valence-electron chi connectivity index (χ2n) is 5.65. The van der Waals surface area contributed by atoms with Gasteiger partial charge in [0.25, 0.3) is 0 Å². The van der Waals surface area contributed by atoms with Gasteiger partial charge in [-0.25, -0.2) is 14.6 Å². The fourth-order valence-electron chi connectivity index (χ4n) is 2.47. The van der Waals surface area contributed by atoms with Crippen molar-refractivity contribution in [1.82, 2.24) is 4.98 Å². The van der Waals surface area contributed by atoms with E-state index in [1.54, 1.807) is 24.3 Å². The maximum atomic E-state index is 12.6. The van der Waals surface area contributed by atoms with Gasteiger partial charge in [0.1, 0.15) is 12.3 Å². The fourth-order valence-corrected chi connectivity index (χ4v) is 2.47. The number of aromatic carboxylic acids is 1. The highest BCUT2D eigenvalue weighted by Gasteiger charge is 2.30. The smallest absolute Gasteiger partial charge is 0.416 e. The first-order valence-electron chi connectivity index (χ1n) is 7.72. The van der Waals surface area contributed by atoms with Gasteiger partial charge in [-0.2, -0.15) is 13.2 Å². The van der Waals surface area contributed by atoms with Crippen LogP contribution in [0.2, 0.25) is 0 Å². The van der Waals surface area contributed by atoms with Crippen LogP contribution in [0.4, 0.5) is 13.2 Å². The number of fused-ring (bicyclic) bond motifs is 1. The molecule has 0 atom stereocenters. The molecule has 3 aromatic rings. The number of carboxylic acids is 1. The predicted molar refractivity (Wildman–Crippen MR) is 89.3 cm³/mol. The zero-order chi connectivity index (χ0) is 19.6. The zero-order valence-corrected chi connectivity index (χ0v) is 13.7. The molecule has 8 heteroatoms. The van der Waals surface area contributed by atoms with Gasteiger partial charge in [-0.3, -0.25) is 0 Å². The van der Waals surface area contributed by atoms with Crippen LogP contribution in [-0.2, 0) is 17.5 Å². The summed E-state index contributed by atoms with van der Waals surface area (Å²) in [6.07, 6.45) is -4.45. The van der Waals surface area contributed by atoms with Crippen LogP contribution in [0, 0.1) is 0 Å². The van der Waals surface area contributed by atoms with Gasteiger partial charge >= 0.3 is 18.1 Å². The molecular weight excluding hydrogens is 363 g/mol. The highest BCUT2D eigenvalue weighted by atomic mass is 19.4. The first-order chi connectivity index (χ1) is 12.8. The summed E-state index contributed by atoms with van der Waals surface area (Å²) in [4.78, 5) is 27.4. The third-order valence-electron chi connectivity index (χ3n) is 3.80. The van der Waals surface area contributed by atoms with Crippen molar-refractivity contribution in [3.63, 3.8) is 0 Å². The number of hydrogen-bond acceptors (Lipinski definition) is 4. The maximum Gasteiger partial charge on any atom is 0.416 e. The number of rotatable bonds is 4. The molecule has 5 nitrogen and oxygen atoms in total. The summed E-state index contributed by atoms with van der Waals surface area (Å²) in [5, 5.41) is 10.1. The van der Waals surface area contributed by atoms with E-state index in [2.05, 4.69) is 4.98 Å². The first-order valence-corrected chi connectivity index (χ1v) is 7.72. The van der Waals surface area contributed by atoms with Gasteiger partial charge in [0.2, 0.25) is 0 Å². The van der Waals surface area contributed by atoms with Crippen molar-refractivity contribution in [2.75, 3.05) is 0 Å². The summed E-state index contributed by atoms with van der Waals surface area (Å²) in [5.41, 5.74) is -0.929. The predicted octanol–water partition coefficient (Wildman–Crippen LogP) is 4.31. The van der Waals surface area contributed by atoms with Crippen LogP contribution in [0.15, 0.2) is 54.6 Å². The van der Waals surface area contributed by atoms with Gasteiger partial charge in [0.15, 0.2) is 5.69 Å². The Morgan fingerprint density at radius 3 is 2.33 bits per heavy atom. The number of carbonyl (C=O) groups excluding carboxylic acids is 1. The molecule has 0 saturated carbocycles. The lowest BCUT2D eigenvalue weighted by Gasteiger charge is -2.10.